The second-order valence-electron chi connectivity index (χ2n) is 35.8. The van der Waals surface area contributed by atoms with Crippen LogP contribution in [0.15, 0.2) is 323 Å². The number of aliphatic hydroxyl groups is 1. The number of nitrogens with zero attached hydrogens (tertiary/aromatic N) is 24. The zero-order valence-electron chi connectivity index (χ0n) is 79.8. The number of pyridine rings is 4. The lowest BCUT2D eigenvalue weighted by molar-refractivity contribution is 0.0744. The van der Waals surface area contributed by atoms with Gasteiger partial charge in [0.2, 0.25) is 0 Å². The van der Waals surface area contributed by atoms with Gasteiger partial charge in [0, 0.05) is 78.4 Å². The summed E-state index contributed by atoms with van der Waals surface area (Å²) in [6, 6.07) is 107. The molecule has 0 bridgehead atoms. The summed E-state index contributed by atoms with van der Waals surface area (Å²) in [5.41, 5.74) is 17.6. The third-order valence-electron chi connectivity index (χ3n) is 25.1. The highest BCUT2D eigenvalue weighted by molar-refractivity contribution is 6.30. The lowest BCUT2D eigenvalue weighted by Crippen LogP contribution is -2.41. The summed E-state index contributed by atoms with van der Waals surface area (Å²) < 4.78 is 8.26. The minimum Gasteiger partial charge on any atom is -0.395 e. The number of hydrogen-bond donors (Lipinski definition) is 1. The molecule has 26 heteroatoms. The third kappa shape index (κ3) is 28.6. The van der Waals surface area contributed by atoms with E-state index in [2.05, 4.69) is 260 Å². The number of fused-ring (bicyclic) bond motifs is 4. The summed E-state index contributed by atoms with van der Waals surface area (Å²) in [4.78, 5) is 29.0. The van der Waals surface area contributed by atoms with E-state index in [9.17, 15) is 5.11 Å². The number of aliphatic hydroxyl groups excluding tert-OH is 1. The fourth-order valence-corrected chi connectivity index (χ4v) is 17.4. The molecule has 140 heavy (non-hydrogen) atoms. The molecule has 3 atom stereocenters. The topological polar surface area (TPSA) is 303 Å². The van der Waals surface area contributed by atoms with Crippen LogP contribution >= 0.6 is 11.6 Å². The molecule has 0 aliphatic rings. The summed E-state index contributed by atoms with van der Waals surface area (Å²) in [7, 11) is 0. The van der Waals surface area contributed by atoms with Crippen molar-refractivity contribution in [1.82, 2.24) is 98.6 Å². The van der Waals surface area contributed by atoms with Crippen LogP contribution in [-0.2, 0) is 85.0 Å². The molecule has 3 unspecified atom stereocenters. The number of para-hydroxylation sites is 4. The molecule has 10 aromatic carbocycles. The molecule has 704 valence electrons. The van der Waals surface area contributed by atoms with Crippen LogP contribution in [-0.4, -0.2) is 136 Å². The molecule has 18 aromatic rings. The van der Waals surface area contributed by atoms with Crippen LogP contribution in [0.2, 0.25) is 5.02 Å². The fraction of sp³-hybridized carbons (Fsp3) is 0.263. The van der Waals surface area contributed by atoms with Gasteiger partial charge in [-0.1, -0.05) is 254 Å². The minimum absolute atomic E-state index is 0.0432. The maximum atomic E-state index is 10.2. The Hall–Kier alpha value is -15.6. The van der Waals surface area contributed by atoms with Gasteiger partial charge >= 0.3 is 0 Å². The molecule has 0 radical (unpaired) electrons. The summed E-state index contributed by atoms with van der Waals surface area (Å²) >= 11 is 6.07. The Kier molecular flexibility index (Phi) is 35.7. The van der Waals surface area contributed by atoms with Crippen molar-refractivity contribution in [3.05, 3.63) is 429 Å². The van der Waals surface area contributed by atoms with Crippen LogP contribution in [0, 0.1) is 57.2 Å². The minimum atomic E-state index is -0.0432. The van der Waals surface area contributed by atoms with Gasteiger partial charge in [0.25, 0.3) is 0 Å². The average molecular weight is 1870 g/mol. The van der Waals surface area contributed by atoms with E-state index in [1.165, 1.54) is 42.2 Å². The highest BCUT2D eigenvalue weighted by atomic mass is 35.5. The Morgan fingerprint density at radius 1 is 0.350 bits per heavy atom. The van der Waals surface area contributed by atoms with Crippen molar-refractivity contribution in [1.29, 1.82) is 21.0 Å². The van der Waals surface area contributed by atoms with Crippen LogP contribution in [0.4, 0.5) is 0 Å². The molecule has 0 amide bonds. The molecule has 0 fully saturated rings. The summed E-state index contributed by atoms with van der Waals surface area (Å²) in [6.45, 7) is 21.7. The third-order valence-corrected chi connectivity index (χ3v) is 25.4. The van der Waals surface area contributed by atoms with E-state index in [1.807, 2.05) is 174 Å². The van der Waals surface area contributed by atoms with E-state index in [0.717, 1.165) is 144 Å². The van der Waals surface area contributed by atoms with Gasteiger partial charge in [0.15, 0.2) is 0 Å². The highest BCUT2D eigenvalue weighted by Crippen LogP contribution is 2.27. The second kappa shape index (κ2) is 50.5. The van der Waals surface area contributed by atoms with Crippen LogP contribution in [0.25, 0.3) is 43.6 Å². The van der Waals surface area contributed by atoms with Gasteiger partial charge in [-0.2, -0.15) is 21.0 Å². The van der Waals surface area contributed by atoms with Crippen molar-refractivity contribution < 1.29 is 5.11 Å². The molecule has 1 N–H and O–H groups in total. The van der Waals surface area contributed by atoms with E-state index in [4.69, 9.17) is 52.6 Å². The van der Waals surface area contributed by atoms with Gasteiger partial charge in [-0.15, -0.1) is 40.8 Å². The van der Waals surface area contributed by atoms with Gasteiger partial charge in [-0.05, 0) is 173 Å². The first-order valence-electron chi connectivity index (χ1n) is 47.7. The van der Waals surface area contributed by atoms with E-state index in [-0.39, 0.29) is 18.6 Å². The van der Waals surface area contributed by atoms with E-state index >= 15 is 0 Å². The molecule has 0 aliphatic heterocycles. The van der Waals surface area contributed by atoms with Crippen molar-refractivity contribution in [3.8, 4) is 24.3 Å². The standard InChI is InChI=1S/C30H28N6.C29H25ClN6.C29H34N6.C26H28N6O/c1-23(26-7-3-2-4-8-26)18-35(20-28-16-15-27-9-5-6-10-29(27)33-28)21-30-34-32-22-36(30)19-25-13-11-24(17-31)12-14-25;30-26-12-9-22(10-13-26)15-16-35(19-27-14-11-25-3-1-2-4-28(25)33-27)20-29-34-32-21-36(29)18-24-7-5-23(17-31)6-8-24;1-3-5-8-23(4-2)18-34(20-27-16-15-26-9-6-7-10-28(26)32-27)21-29-33-31-22-35(29)19-25-13-11-24(17-30)12-14-25;1-19(2)25(17-33)31(15-23-12-11-22-5-3-4-6-24(22)29-23)16-26-30-28-18-32(26)14-21-9-7-20(13-27)8-10-21/h2-16,22-23H,18-21H2,1H3;1-14,21H,15-16,18-20H2;6-7,9-16,22-23H,3-5,8,18-21H2,1-2H3;3-12,18-19,25,33H,14-17H2,1-2H3. The van der Waals surface area contributed by atoms with Crippen molar-refractivity contribution in [2.45, 2.75) is 157 Å². The predicted molar refractivity (Wildman–Crippen MR) is 549 cm³/mol. The first-order chi connectivity index (χ1) is 68.6. The SMILES string of the molecule is CC(C)C(CO)N(Cc1ccc2ccccc2n1)Cc1nncn1Cc1ccc(C#N)cc1.CC(CN(Cc1ccc2ccccc2n1)Cc1nncn1Cc1ccc(C#N)cc1)c1ccccc1.CCCCC(CC)CN(Cc1ccc2ccccc2n1)Cc1nncn1Cc1ccc(C#N)cc1.N#Cc1ccc(Cn2cnnc2CN(CCc2ccc(Cl)cc2)Cc2ccc3ccccc3n2)cc1. The number of aromatic nitrogens is 16. The largest absolute Gasteiger partial charge is 0.395 e. The first-order valence-corrected chi connectivity index (χ1v) is 48.1. The number of rotatable bonds is 39. The van der Waals surface area contributed by atoms with Crippen LogP contribution < -0.4 is 0 Å². The maximum Gasteiger partial charge on any atom is 0.147 e. The zero-order chi connectivity index (χ0) is 97.2. The average Bonchev–Trinajstić information content (AvgIpc) is 1.27. The quantitative estimate of drug-likeness (QED) is 0.0374. The number of halogens is 1. The first kappa shape index (κ1) is 98.9. The van der Waals surface area contributed by atoms with Crippen molar-refractivity contribution in [2.75, 3.05) is 26.2 Å². The normalized spacial score (nSPS) is 11.9. The molecular formula is C114H115ClN24O. The Bertz CT molecular complexity index is 7160. The number of unbranched alkanes of at least 4 members (excludes halogenated alkanes) is 1. The molecule has 8 heterocycles. The van der Waals surface area contributed by atoms with Crippen LogP contribution in [0.3, 0.4) is 0 Å². The molecular weight excluding hydrogens is 1760 g/mol. The number of hydrogen-bond acceptors (Lipinski definition) is 21. The van der Waals surface area contributed by atoms with Crippen LogP contribution in [0.5, 0.6) is 0 Å². The molecule has 0 saturated carbocycles. The maximum absolute atomic E-state index is 10.2. The van der Waals surface area contributed by atoms with Gasteiger partial charge in [-0.3, -0.25) is 39.5 Å². The van der Waals surface area contributed by atoms with E-state index < -0.39 is 0 Å². The Morgan fingerprint density at radius 2 is 0.679 bits per heavy atom. The smallest absolute Gasteiger partial charge is 0.147 e. The lowest BCUT2D eigenvalue weighted by Gasteiger charge is -2.32. The fourth-order valence-electron chi connectivity index (χ4n) is 17.2. The molecule has 0 spiro atoms. The van der Waals surface area contributed by atoms with Crippen molar-refractivity contribution in [2.24, 2.45) is 11.8 Å². The number of nitriles is 4. The monoisotopic (exact) mass is 1870 g/mol. The Labute approximate surface area is 823 Å². The molecule has 0 saturated heterocycles. The molecule has 0 aliphatic carbocycles. The van der Waals surface area contributed by atoms with E-state index in [0.29, 0.717) is 106 Å². The van der Waals surface area contributed by atoms with Crippen molar-refractivity contribution >= 4 is 55.2 Å². The van der Waals surface area contributed by atoms with Gasteiger partial charge < -0.3 is 23.4 Å². The molecule has 18 rings (SSSR count). The zero-order valence-corrected chi connectivity index (χ0v) is 80.6. The highest BCUT2D eigenvalue weighted by Gasteiger charge is 2.26. The Balaban J connectivity index is 0.000000141. The van der Waals surface area contributed by atoms with Gasteiger partial charge in [0.1, 0.15) is 48.6 Å². The van der Waals surface area contributed by atoms with Crippen LogP contribution in [0.1, 0.15) is 168 Å². The Morgan fingerprint density at radius 3 is 1.03 bits per heavy atom. The summed E-state index contributed by atoms with van der Waals surface area (Å²) in [5, 5.41) is 86.2. The summed E-state index contributed by atoms with van der Waals surface area (Å²) in [5.74, 6) is 4.80. The van der Waals surface area contributed by atoms with E-state index in [1.54, 1.807) is 25.3 Å². The van der Waals surface area contributed by atoms with Gasteiger partial charge in [0.05, 0.1) is 150 Å². The summed E-state index contributed by atoms with van der Waals surface area (Å²) in [6.07, 6.45) is 12.8. The van der Waals surface area contributed by atoms with Crippen molar-refractivity contribution in [3.63, 3.8) is 0 Å². The van der Waals surface area contributed by atoms with Gasteiger partial charge in [-0.25, -0.2) is 0 Å². The number of benzene rings is 10. The predicted octanol–water partition coefficient (Wildman–Crippen LogP) is 20.9. The lowest BCUT2D eigenvalue weighted by atomic mass is 9.98. The molecule has 8 aromatic heterocycles. The second-order valence-corrected chi connectivity index (χ2v) is 36.2. The molecule has 25 nitrogen and oxygen atoms in total.